The Labute approximate surface area is 171 Å². The molecular weight excluding hydrogens is 396 g/mol. The normalized spacial score (nSPS) is 19.6. The summed E-state index contributed by atoms with van der Waals surface area (Å²) in [7, 11) is -3.49. The van der Waals surface area contributed by atoms with E-state index in [1.54, 1.807) is 24.0 Å². The number of carbonyl (C=O) groups is 2. The fourth-order valence-corrected chi connectivity index (χ4v) is 5.05. The van der Waals surface area contributed by atoms with Crippen LogP contribution in [0.4, 0.5) is 0 Å². The van der Waals surface area contributed by atoms with Crippen LogP contribution in [0.2, 0.25) is 0 Å². The van der Waals surface area contributed by atoms with Gasteiger partial charge in [0, 0.05) is 26.2 Å². The first kappa shape index (κ1) is 21.7. The molecule has 3 rings (SSSR count). The van der Waals surface area contributed by atoms with Gasteiger partial charge in [-0.05, 0) is 37.5 Å². The molecule has 0 spiro atoms. The lowest BCUT2D eigenvalue weighted by Crippen LogP contribution is -2.46. The van der Waals surface area contributed by atoms with Crippen LogP contribution in [0, 0.1) is 0 Å². The number of hydrogen-bond acceptors (Lipinski definition) is 6. The number of ether oxygens (including phenoxy) is 2. The van der Waals surface area contributed by atoms with E-state index in [1.165, 1.54) is 16.4 Å². The number of esters is 1. The van der Waals surface area contributed by atoms with Crippen molar-refractivity contribution < 1.29 is 27.5 Å². The molecule has 1 unspecified atom stereocenters. The lowest BCUT2D eigenvalue weighted by atomic mass is 10.1. The summed E-state index contributed by atoms with van der Waals surface area (Å²) >= 11 is 0. The number of carbonyl (C=O) groups excluding carboxylic acids is 2. The highest BCUT2D eigenvalue weighted by Crippen LogP contribution is 2.21. The van der Waals surface area contributed by atoms with E-state index in [-0.39, 0.29) is 17.2 Å². The van der Waals surface area contributed by atoms with Gasteiger partial charge < -0.3 is 14.4 Å². The number of morpholine rings is 1. The molecule has 2 saturated heterocycles. The highest BCUT2D eigenvalue weighted by molar-refractivity contribution is 7.89. The molecule has 2 aliphatic rings. The van der Waals surface area contributed by atoms with Gasteiger partial charge in [0.25, 0.3) is 5.91 Å². The Morgan fingerprint density at radius 1 is 1.03 bits per heavy atom. The van der Waals surface area contributed by atoms with Crippen LogP contribution in [-0.4, -0.2) is 75.0 Å². The van der Waals surface area contributed by atoms with Gasteiger partial charge in [0.05, 0.1) is 24.5 Å². The Balaban J connectivity index is 1.54. The van der Waals surface area contributed by atoms with Gasteiger partial charge in [0.1, 0.15) is 0 Å². The number of amides is 1. The van der Waals surface area contributed by atoms with Crippen LogP contribution in [0.3, 0.4) is 0 Å². The van der Waals surface area contributed by atoms with E-state index in [1.807, 2.05) is 0 Å². The van der Waals surface area contributed by atoms with E-state index in [4.69, 9.17) is 9.47 Å². The van der Waals surface area contributed by atoms with Gasteiger partial charge in [-0.15, -0.1) is 0 Å². The SMILES string of the molecule is CC(OC(=O)Cc1ccc(S(=O)(=O)N2CCCCC2)cc1)C(=O)N1CCOCC1. The Bertz CT molecular complexity index is 812. The van der Waals surface area contributed by atoms with Crippen molar-refractivity contribution in [3.8, 4) is 0 Å². The van der Waals surface area contributed by atoms with Gasteiger partial charge in [-0.3, -0.25) is 9.59 Å². The molecule has 2 fully saturated rings. The summed E-state index contributed by atoms with van der Waals surface area (Å²) in [5.41, 5.74) is 0.638. The summed E-state index contributed by atoms with van der Waals surface area (Å²) in [5, 5.41) is 0. The number of benzene rings is 1. The van der Waals surface area contributed by atoms with Crippen LogP contribution in [0.5, 0.6) is 0 Å². The number of sulfonamides is 1. The van der Waals surface area contributed by atoms with Crippen molar-refractivity contribution in [1.82, 2.24) is 9.21 Å². The maximum absolute atomic E-state index is 12.7. The Morgan fingerprint density at radius 2 is 1.66 bits per heavy atom. The Kier molecular flexibility index (Phi) is 7.26. The molecule has 8 nitrogen and oxygen atoms in total. The molecule has 0 saturated carbocycles. The largest absolute Gasteiger partial charge is 0.452 e. The van der Waals surface area contributed by atoms with Crippen molar-refractivity contribution in [2.24, 2.45) is 0 Å². The molecular formula is C20H28N2O6S. The average molecular weight is 425 g/mol. The summed E-state index contributed by atoms with van der Waals surface area (Å²) in [6.45, 7) is 4.61. The van der Waals surface area contributed by atoms with Crippen molar-refractivity contribution >= 4 is 21.9 Å². The van der Waals surface area contributed by atoms with Crippen molar-refractivity contribution in [3.63, 3.8) is 0 Å². The summed E-state index contributed by atoms with van der Waals surface area (Å²) in [6, 6.07) is 6.28. The number of nitrogens with zero attached hydrogens (tertiary/aromatic N) is 2. The number of rotatable bonds is 6. The van der Waals surface area contributed by atoms with Gasteiger partial charge in [0.15, 0.2) is 6.10 Å². The summed E-state index contributed by atoms with van der Waals surface area (Å²) in [5.74, 6) is -0.754. The minimum absolute atomic E-state index is 0.0230. The third-order valence-corrected chi connectivity index (χ3v) is 7.12. The summed E-state index contributed by atoms with van der Waals surface area (Å²) in [4.78, 5) is 26.4. The molecule has 2 heterocycles. The van der Waals surface area contributed by atoms with E-state index < -0.39 is 22.1 Å². The smallest absolute Gasteiger partial charge is 0.311 e. The fourth-order valence-electron chi connectivity index (χ4n) is 3.53. The first-order chi connectivity index (χ1) is 13.9. The lowest BCUT2D eigenvalue weighted by molar-refractivity contribution is -0.160. The van der Waals surface area contributed by atoms with Crippen molar-refractivity contribution in [2.75, 3.05) is 39.4 Å². The van der Waals surface area contributed by atoms with Gasteiger partial charge in [-0.25, -0.2) is 8.42 Å². The standard InChI is InChI=1S/C20H28N2O6S/c1-16(20(24)21-11-13-27-14-12-21)28-19(23)15-17-5-7-18(8-6-17)29(25,26)22-9-3-2-4-10-22/h5-8,16H,2-4,9-15H2,1H3. The molecule has 0 aliphatic carbocycles. The maximum atomic E-state index is 12.7. The topological polar surface area (TPSA) is 93.2 Å². The lowest BCUT2D eigenvalue weighted by Gasteiger charge is -2.29. The van der Waals surface area contributed by atoms with E-state index in [2.05, 4.69) is 0 Å². The van der Waals surface area contributed by atoms with Crippen LogP contribution < -0.4 is 0 Å². The third-order valence-electron chi connectivity index (χ3n) is 5.20. The van der Waals surface area contributed by atoms with Crippen LogP contribution in [0.1, 0.15) is 31.7 Å². The number of piperidine rings is 1. The predicted octanol–water partition coefficient (Wildman–Crippen LogP) is 1.19. The zero-order chi connectivity index (χ0) is 20.9. The second-order valence-corrected chi connectivity index (χ2v) is 9.29. The first-order valence-corrected chi connectivity index (χ1v) is 11.5. The molecule has 1 aromatic carbocycles. The predicted molar refractivity (Wildman–Crippen MR) is 106 cm³/mol. The summed E-state index contributed by atoms with van der Waals surface area (Å²) in [6.07, 6.45) is 1.93. The summed E-state index contributed by atoms with van der Waals surface area (Å²) < 4.78 is 37.3. The zero-order valence-corrected chi connectivity index (χ0v) is 17.5. The molecule has 9 heteroatoms. The second kappa shape index (κ2) is 9.69. The van der Waals surface area contributed by atoms with Crippen molar-refractivity contribution in [3.05, 3.63) is 29.8 Å². The molecule has 0 bridgehead atoms. The highest BCUT2D eigenvalue weighted by Gasteiger charge is 2.27. The van der Waals surface area contributed by atoms with E-state index in [9.17, 15) is 18.0 Å². The quantitative estimate of drug-likeness (QED) is 0.637. The van der Waals surface area contributed by atoms with Crippen LogP contribution in [0.15, 0.2) is 29.2 Å². The van der Waals surface area contributed by atoms with Crippen molar-refractivity contribution in [1.29, 1.82) is 0 Å². The molecule has 1 amide bonds. The fraction of sp³-hybridized carbons (Fsp3) is 0.600. The van der Waals surface area contributed by atoms with Crippen LogP contribution >= 0.6 is 0 Å². The van der Waals surface area contributed by atoms with Crippen molar-refractivity contribution in [2.45, 2.75) is 43.6 Å². The molecule has 0 N–H and O–H groups in total. The second-order valence-electron chi connectivity index (χ2n) is 7.36. The molecule has 1 aromatic rings. The molecule has 0 aromatic heterocycles. The maximum Gasteiger partial charge on any atom is 0.311 e. The van der Waals surface area contributed by atoms with Gasteiger partial charge in [-0.2, -0.15) is 4.31 Å². The molecule has 29 heavy (non-hydrogen) atoms. The zero-order valence-electron chi connectivity index (χ0n) is 16.7. The highest BCUT2D eigenvalue weighted by atomic mass is 32.2. The molecule has 0 radical (unpaired) electrons. The Morgan fingerprint density at radius 3 is 2.28 bits per heavy atom. The van der Waals surface area contributed by atoms with Gasteiger partial charge in [-0.1, -0.05) is 18.6 Å². The monoisotopic (exact) mass is 424 g/mol. The molecule has 1 atom stereocenters. The van der Waals surface area contributed by atoms with E-state index in [0.717, 1.165) is 19.3 Å². The third kappa shape index (κ3) is 5.55. The Hall–Kier alpha value is -1.97. The molecule has 160 valence electrons. The van der Waals surface area contributed by atoms with E-state index in [0.29, 0.717) is 45.0 Å². The minimum Gasteiger partial charge on any atom is -0.452 e. The average Bonchev–Trinajstić information content (AvgIpc) is 2.74. The first-order valence-electron chi connectivity index (χ1n) is 10.0. The minimum atomic E-state index is -3.49. The number of hydrogen-bond donors (Lipinski definition) is 0. The van der Waals surface area contributed by atoms with Gasteiger partial charge >= 0.3 is 5.97 Å². The van der Waals surface area contributed by atoms with E-state index >= 15 is 0 Å². The van der Waals surface area contributed by atoms with Crippen LogP contribution in [-0.2, 0) is 35.5 Å². The van der Waals surface area contributed by atoms with Gasteiger partial charge in [0.2, 0.25) is 10.0 Å². The molecule has 2 aliphatic heterocycles. The van der Waals surface area contributed by atoms with Crippen LogP contribution in [0.25, 0.3) is 0 Å².